The number of hydrogen-bond donors (Lipinski definition) is 1. The van der Waals surface area contributed by atoms with Crippen LogP contribution in [0.1, 0.15) is 59.8 Å². The predicted molar refractivity (Wildman–Crippen MR) is 84.1 cm³/mol. The Hall–Kier alpha value is -1.62. The van der Waals surface area contributed by atoms with Gasteiger partial charge in [0.1, 0.15) is 0 Å². The summed E-state index contributed by atoms with van der Waals surface area (Å²) >= 11 is 1.67. The molecule has 1 aliphatic rings. The van der Waals surface area contributed by atoms with Crippen molar-refractivity contribution < 1.29 is 9.90 Å². The van der Waals surface area contributed by atoms with Crippen molar-refractivity contribution >= 4 is 17.3 Å². The summed E-state index contributed by atoms with van der Waals surface area (Å²) < 4.78 is 1.99. The minimum absolute atomic E-state index is 0.196. The average molecular weight is 304 g/mol. The van der Waals surface area contributed by atoms with Crippen molar-refractivity contribution in [3.05, 3.63) is 28.3 Å². The number of hydrogen-bond acceptors (Lipinski definition) is 3. The number of aromatic nitrogens is 2. The zero-order valence-corrected chi connectivity index (χ0v) is 13.2. The fourth-order valence-electron chi connectivity index (χ4n) is 3.16. The molecule has 0 bridgehead atoms. The molecule has 2 heterocycles. The van der Waals surface area contributed by atoms with E-state index in [1.165, 1.54) is 24.8 Å². The Morgan fingerprint density at radius 3 is 2.62 bits per heavy atom. The van der Waals surface area contributed by atoms with Crippen LogP contribution in [0.5, 0.6) is 0 Å². The molecule has 0 spiro atoms. The van der Waals surface area contributed by atoms with Crippen molar-refractivity contribution in [3.8, 4) is 10.6 Å². The second-order valence-corrected chi connectivity index (χ2v) is 6.76. The number of carboxylic acid groups (broad SMARTS) is 1. The Labute approximate surface area is 128 Å². The van der Waals surface area contributed by atoms with Crippen LogP contribution in [0.25, 0.3) is 10.6 Å². The molecule has 0 aromatic carbocycles. The first-order valence-electron chi connectivity index (χ1n) is 7.46. The number of aryl methyl sites for hydroxylation is 1. The summed E-state index contributed by atoms with van der Waals surface area (Å²) in [7, 11) is 0. The molecule has 2 aromatic heterocycles. The molecule has 112 valence electrons. The number of thiophene rings is 1. The quantitative estimate of drug-likeness (QED) is 0.912. The molecule has 0 saturated heterocycles. The van der Waals surface area contributed by atoms with Gasteiger partial charge in [-0.2, -0.15) is 5.10 Å². The van der Waals surface area contributed by atoms with Crippen LogP contribution in [0, 0.1) is 13.8 Å². The van der Waals surface area contributed by atoms with Gasteiger partial charge in [-0.05, 0) is 43.7 Å². The molecule has 1 N–H and O–H groups in total. The van der Waals surface area contributed by atoms with Crippen molar-refractivity contribution in [1.29, 1.82) is 0 Å². The van der Waals surface area contributed by atoms with E-state index < -0.39 is 5.97 Å². The minimum atomic E-state index is -0.934. The van der Waals surface area contributed by atoms with Crippen molar-refractivity contribution in [1.82, 2.24) is 9.78 Å². The maximum atomic E-state index is 11.4. The van der Waals surface area contributed by atoms with Crippen LogP contribution in [0.3, 0.4) is 0 Å². The van der Waals surface area contributed by atoms with Gasteiger partial charge in [0, 0.05) is 5.56 Å². The summed E-state index contributed by atoms with van der Waals surface area (Å²) in [5, 5.41) is 15.9. The van der Waals surface area contributed by atoms with Gasteiger partial charge in [0.15, 0.2) is 5.69 Å². The Balaban J connectivity index is 2.12. The molecule has 3 rings (SSSR count). The summed E-state index contributed by atoms with van der Waals surface area (Å²) in [5.74, 6) is -0.934. The third-order valence-corrected chi connectivity index (χ3v) is 5.29. The van der Waals surface area contributed by atoms with E-state index in [1.807, 2.05) is 11.6 Å². The molecule has 5 heteroatoms. The van der Waals surface area contributed by atoms with Crippen LogP contribution >= 0.6 is 11.3 Å². The van der Waals surface area contributed by atoms with Crippen LogP contribution in [-0.4, -0.2) is 20.9 Å². The standard InChI is InChI=1S/C16H20N2O2S/c1-10-8-13(21-9-10)15-11(2)14(16(19)20)17-18(15)12-6-4-3-5-7-12/h8-9,12H,3-7H2,1-2H3,(H,19,20). The number of rotatable bonds is 3. The summed E-state index contributed by atoms with van der Waals surface area (Å²) in [4.78, 5) is 12.6. The van der Waals surface area contributed by atoms with E-state index in [1.54, 1.807) is 11.3 Å². The van der Waals surface area contributed by atoms with E-state index in [0.717, 1.165) is 29.0 Å². The van der Waals surface area contributed by atoms with E-state index in [-0.39, 0.29) is 5.69 Å². The lowest BCUT2D eigenvalue weighted by molar-refractivity contribution is 0.0688. The lowest BCUT2D eigenvalue weighted by atomic mass is 9.95. The van der Waals surface area contributed by atoms with Gasteiger partial charge in [0.05, 0.1) is 16.6 Å². The largest absolute Gasteiger partial charge is 0.476 e. The SMILES string of the molecule is Cc1csc(-c2c(C)c(C(=O)O)nn2C2CCCCC2)c1. The zero-order chi connectivity index (χ0) is 15.0. The van der Waals surface area contributed by atoms with Gasteiger partial charge in [-0.1, -0.05) is 19.3 Å². The third-order valence-electron chi connectivity index (χ3n) is 4.23. The molecule has 0 aliphatic heterocycles. The van der Waals surface area contributed by atoms with Crippen LogP contribution < -0.4 is 0 Å². The van der Waals surface area contributed by atoms with Gasteiger partial charge >= 0.3 is 5.97 Å². The maximum absolute atomic E-state index is 11.4. The van der Waals surface area contributed by atoms with Crippen LogP contribution in [0.15, 0.2) is 11.4 Å². The molecule has 1 saturated carbocycles. The monoisotopic (exact) mass is 304 g/mol. The molecule has 0 unspecified atom stereocenters. The topological polar surface area (TPSA) is 55.1 Å². The van der Waals surface area contributed by atoms with E-state index in [2.05, 4.69) is 23.5 Å². The lowest BCUT2D eigenvalue weighted by Crippen LogP contribution is -2.15. The Kier molecular flexibility index (Phi) is 3.85. The first-order chi connectivity index (χ1) is 10.1. The molecule has 0 atom stereocenters. The molecule has 4 nitrogen and oxygen atoms in total. The van der Waals surface area contributed by atoms with Gasteiger partial charge < -0.3 is 5.11 Å². The number of carboxylic acids is 1. The van der Waals surface area contributed by atoms with E-state index in [4.69, 9.17) is 0 Å². The van der Waals surface area contributed by atoms with Gasteiger partial charge in [0.25, 0.3) is 0 Å². The molecular weight excluding hydrogens is 284 g/mol. The van der Waals surface area contributed by atoms with Crippen LogP contribution in [0.4, 0.5) is 0 Å². The fourth-order valence-corrected chi connectivity index (χ4v) is 4.16. The first-order valence-corrected chi connectivity index (χ1v) is 8.34. The lowest BCUT2D eigenvalue weighted by Gasteiger charge is -2.23. The molecule has 2 aromatic rings. The van der Waals surface area contributed by atoms with E-state index in [0.29, 0.717) is 6.04 Å². The first kappa shape index (κ1) is 14.3. The highest BCUT2D eigenvalue weighted by atomic mass is 32.1. The summed E-state index contributed by atoms with van der Waals surface area (Å²) in [5.41, 5.74) is 3.19. The summed E-state index contributed by atoms with van der Waals surface area (Å²) in [6.07, 6.45) is 5.87. The number of aromatic carboxylic acids is 1. The second kappa shape index (κ2) is 5.64. The maximum Gasteiger partial charge on any atom is 0.356 e. The van der Waals surface area contributed by atoms with Crippen LogP contribution in [0.2, 0.25) is 0 Å². The second-order valence-electron chi connectivity index (χ2n) is 5.85. The van der Waals surface area contributed by atoms with Crippen molar-refractivity contribution in [2.75, 3.05) is 0 Å². The minimum Gasteiger partial charge on any atom is -0.476 e. The molecular formula is C16H20N2O2S. The van der Waals surface area contributed by atoms with Crippen LogP contribution in [-0.2, 0) is 0 Å². The Bertz CT molecular complexity index is 666. The molecule has 1 aliphatic carbocycles. The van der Waals surface area contributed by atoms with Crippen molar-refractivity contribution in [2.45, 2.75) is 52.0 Å². The van der Waals surface area contributed by atoms with Crippen molar-refractivity contribution in [2.24, 2.45) is 0 Å². The highest BCUT2D eigenvalue weighted by Gasteiger charge is 2.26. The predicted octanol–water partition coefficient (Wildman–Crippen LogP) is 4.43. The van der Waals surface area contributed by atoms with Crippen molar-refractivity contribution in [3.63, 3.8) is 0 Å². The highest BCUT2D eigenvalue weighted by molar-refractivity contribution is 7.13. The Morgan fingerprint density at radius 2 is 2.05 bits per heavy atom. The Morgan fingerprint density at radius 1 is 1.33 bits per heavy atom. The third kappa shape index (κ3) is 2.62. The zero-order valence-electron chi connectivity index (χ0n) is 12.4. The van der Waals surface area contributed by atoms with E-state index in [9.17, 15) is 9.90 Å². The highest BCUT2D eigenvalue weighted by Crippen LogP contribution is 2.37. The van der Waals surface area contributed by atoms with Gasteiger partial charge in [0.2, 0.25) is 0 Å². The fraction of sp³-hybridized carbons (Fsp3) is 0.500. The molecule has 1 fully saturated rings. The number of carbonyl (C=O) groups is 1. The summed E-state index contributed by atoms with van der Waals surface area (Å²) in [6.45, 7) is 3.94. The molecule has 0 amide bonds. The molecule has 0 radical (unpaired) electrons. The van der Waals surface area contributed by atoms with Gasteiger partial charge in [-0.15, -0.1) is 11.3 Å². The number of nitrogens with zero attached hydrogens (tertiary/aromatic N) is 2. The molecule has 21 heavy (non-hydrogen) atoms. The average Bonchev–Trinajstić information content (AvgIpc) is 3.03. The smallest absolute Gasteiger partial charge is 0.356 e. The van der Waals surface area contributed by atoms with E-state index >= 15 is 0 Å². The van der Waals surface area contributed by atoms with Gasteiger partial charge in [-0.25, -0.2) is 4.79 Å². The van der Waals surface area contributed by atoms with Gasteiger partial charge in [-0.3, -0.25) is 4.68 Å². The summed E-state index contributed by atoms with van der Waals surface area (Å²) in [6, 6.07) is 2.46. The normalized spacial score (nSPS) is 16.3.